The van der Waals surface area contributed by atoms with Crippen molar-refractivity contribution in [2.24, 2.45) is 7.05 Å². The minimum Gasteiger partial charge on any atom is -0.477 e. The fourth-order valence-corrected chi connectivity index (χ4v) is 2.51. The lowest BCUT2D eigenvalue weighted by molar-refractivity contribution is 0.0685. The number of carboxylic acids is 1. The van der Waals surface area contributed by atoms with Crippen molar-refractivity contribution in [1.82, 2.24) is 19.6 Å². The first-order valence-electron chi connectivity index (χ1n) is 5.66. The first-order valence-corrected chi connectivity index (χ1v) is 7.14. The Morgan fingerprint density at radius 3 is 2.70 bits per heavy atom. The number of nitrogens with one attached hydrogen (secondary N) is 1. The Balaban J connectivity index is 2.28. The van der Waals surface area contributed by atoms with Crippen molar-refractivity contribution in [1.29, 1.82) is 0 Å². The van der Waals surface area contributed by atoms with Gasteiger partial charge in [0.25, 0.3) is 10.0 Å². The van der Waals surface area contributed by atoms with Gasteiger partial charge in [0, 0.05) is 25.9 Å². The molecule has 0 amide bonds. The molecule has 0 atom stereocenters. The van der Waals surface area contributed by atoms with Gasteiger partial charge < -0.3 is 5.11 Å². The van der Waals surface area contributed by atoms with Gasteiger partial charge in [0.05, 0.1) is 6.20 Å². The second kappa shape index (κ2) is 4.96. The van der Waals surface area contributed by atoms with Crippen LogP contribution in [-0.4, -0.2) is 39.1 Å². The molecule has 0 radical (unpaired) electrons. The number of aryl methyl sites for hydroxylation is 2. The summed E-state index contributed by atoms with van der Waals surface area (Å²) in [5.74, 6) is -1.25. The summed E-state index contributed by atoms with van der Waals surface area (Å²) >= 11 is 0. The normalized spacial score (nSPS) is 11.5. The molecule has 0 aliphatic carbocycles. The fraction of sp³-hybridized carbons (Fsp3) is 0.300. The number of rotatable bonds is 5. The van der Waals surface area contributed by atoms with E-state index < -0.39 is 16.0 Å². The van der Waals surface area contributed by atoms with E-state index in [1.54, 1.807) is 0 Å². The number of anilines is 1. The molecule has 9 nitrogen and oxygen atoms in total. The summed E-state index contributed by atoms with van der Waals surface area (Å²) in [6.07, 6.45) is 2.59. The molecule has 0 aliphatic heterocycles. The van der Waals surface area contributed by atoms with E-state index in [1.165, 1.54) is 24.1 Å². The average molecular weight is 299 g/mol. The average Bonchev–Trinajstić information content (AvgIpc) is 2.95. The lowest BCUT2D eigenvalue weighted by Gasteiger charge is -2.01. The van der Waals surface area contributed by atoms with E-state index in [4.69, 9.17) is 5.11 Å². The molecule has 10 heteroatoms. The molecule has 0 aliphatic rings. The topological polar surface area (TPSA) is 119 Å². The molecular formula is C10H13N5O4S. The van der Waals surface area contributed by atoms with Crippen molar-refractivity contribution in [2.75, 3.05) is 4.72 Å². The van der Waals surface area contributed by atoms with Gasteiger partial charge in [-0.2, -0.15) is 10.2 Å². The Morgan fingerprint density at radius 1 is 1.50 bits per heavy atom. The summed E-state index contributed by atoms with van der Waals surface area (Å²) in [6.45, 7) is 2.37. The predicted molar refractivity (Wildman–Crippen MR) is 68.9 cm³/mol. The van der Waals surface area contributed by atoms with Crippen LogP contribution in [-0.2, 0) is 23.6 Å². The summed E-state index contributed by atoms with van der Waals surface area (Å²) in [4.78, 5) is 10.8. The lowest BCUT2D eigenvalue weighted by Crippen LogP contribution is -2.13. The highest BCUT2D eigenvalue weighted by Gasteiger charge is 2.20. The Bertz CT molecular complexity index is 746. The monoisotopic (exact) mass is 299 g/mol. The van der Waals surface area contributed by atoms with Crippen molar-refractivity contribution in [3.63, 3.8) is 0 Å². The number of aromatic carboxylic acids is 1. The van der Waals surface area contributed by atoms with Crippen molar-refractivity contribution >= 4 is 21.8 Å². The van der Waals surface area contributed by atoms with Gasteiger partial charge >= 0.3 is 5.97 Å². The first-order chi connectivity index (χ1) is 9.33. The molecule has 2 rings (SSSR count). The van der Waals surface area contributed by atoms with Gasteiger partial charge in [-0.15, -0.1) is 0 Å². The molecule has 0 saturated carbocycles. The molecule has 108 valence electrons. The van der Waals surface area contributed by atoms with Crippen molar-refractivity contribution in [3.8, 4) is 0 Å². The highest BCUT2D eigenvalue weighted by Crippen LogP contribution is 2.15. The fourth-order valence-electron chi connectivity index (χ4n) is 1.57. The van der Waals surface area contributed by atoms with Crippen LogP contribution in [0.5, 0.6) is 0 Å². The SMILES string of the molecule is CCn1cc(S(=O)(=O)Nc2cc(C(=O)O)n(C)n2)cn1. The van der Waals surface area contributed by atoms with E-state index in [9.17, 15) is 13.2 Å². The van der Waals surface area contributed by atoms with Crippen LogP contribution in [0, 0.1) is 0 Å². The lowest BCUT2D eigenvalue weighted by atomic mass is 10.4. The van der Waals surface area contributed by atoms with Crippen molar-refractivity contribution < 1.29 is 18.3 Å². The molecule has 0 spiro atoms. The van der Waals surface area contributed by atoms with Gasteiger partial charge in [-0.05, 0) is 6.92 Å². The van der Waals surface area contributed by atoms with E-state index in [2.05, 4.69) is 14.9 Å². The Kier molecular flexibility index (Phi) is 3.49. The highest BCUT2D eigenvalue weighted by molar-refractivity contribution is 7.92. The van der Waals surface area contributed by atoms with Crippen LogP contribution < -0.4 is 4.72 Å². The molecular weight excluding hydrogens is 286 g/mol. The number of sulfonamides is 1. The second-order valence-electron chi connectivity index (χ2n) is 3.98. The molecule has 2 aromatic rings. The number of nitrogens with zero attached hydrogens (tertiary/aromatic N) is 4. The molecule has 0 bridgehead atoms. The minimum absolute atomic E-state index is 0.0121. The molecule has 2 aromatic heterocycles. The number of hydrogen-bond acceptors (Lipinski definition) is 5. The zero-order valence-electron chi connectivity index (χ0n) is 10.8. The molecule has 0 aromatic carbocycles. The van der Waals surface area contributed by atoms with E-state index in [-0.39, 0.29) is 16.4 Å². The van der Waals surface area contributed by atoms with Crippen LogP contribution >= 0.6 is 0 Å². The summed E-state index contributed by atoms with van der Waals surface area (Å²) in [5, 5.41) is 16.5. The molecule has 20 heavy (non-hydrogen) atoms. The van der Waals surface area contributed by atoms with Crippen LogP contribution in [0.2, 0.25) is 0 Å². The number of hydrogen-bond donors (Lipinski definition) is 2. The van der Waals surface area contributed by atoms with Gasteiger partial charge in [0.15, 0.2) is 5.82 Å². The third kappa shape index (κ3) is 2.64. The van der Waals surface area contributed by atoms with Crippen molar-refractivity contribution in [2.45, 2.75) is 18.4 Å². The first kappa shape index (κ1) is 14.1. The largest absolute Gasteiger partial charge is 0.477 e. The molecule has 0 saturated heterocycles. The Morgan fingerprint density at radius 2 is 2.20 bits per heavy atom. The Hall–Kier alpha value is -2.36. The van der Waals surface area contributed by atoms with Crippen LogP contribution in [0.25, 0.3) is 0 Å². The van der Waals surface area contributed by atoms with Crippen LogP contribution in [0.3, 0.4) is 0 Å². The van der Waals surface area contributed by atoms with E-state index in [0.717, 1.165) is 10.7 Å². The maximum Gasteiger partial charge on any atom is 0.354 e. The second-order valence-corrected chi connectivity index (χ2v) is 5.66. The van der Waals surface area contributed by atoms with Crippen LogP contribution in [0.1, 0.15) is 17.4 Å². The predicted octanol–water partition coefficient (Wildman–Crippen LogP) is 0.135. The van der Waals surface area contributed by atoms with Gasteiger partial charge in [-0.25, -0.2) is 13.2 Å². The molecule has 0 fully saturated rings. The van der Waals surface area contributed by atoms with Crippen LogP contribution in [0.15, 0.2) is 23.4 Å². The van der Waals surface area contributed by atoms with Gasteiger partial charge in [0.2, 0.25) is 0 Å². The smallest absolute Gasteiger partial charge is 0.354 e. The van der Waals surface area contributed by atoms with E-state index >= 15 is 0 Å². The summed E-state index contributed by atoms with van der Waals surface area (Å²) in [6, 6.07) is 1.14. The van der Waals surface area contributed by atoms with E-state index in [1.807, 2.05) is 6.92 Å². The molecule has 0 unspecified atom stereocenters. The summed E-state index contributed by atoms with van der Waals surface area (Å²) in [5.41, 5.74) is -0.119. The summed E-state index contributed by atoms with van der Waals surface area (Å²) < 4.78 is 28.9. The third-order valence-electron chi connectivity index (χ3n) is 2.58. The van der Waals surface area contributed by atoms with Gasteiger partial charge in [-0.3, -0.25) is 14.1 Å². The maximum atomic E-state index is 12.1. The van der Waals surface area contributed by atoms with Crippen molar-refractivity contribution in [3.05, 3.63) is 24.2 Å². The zero-order chi connectivity index (χ0) is 14.9. The third-order valence-corrected chi connectivity index (χ3v) is 3.89. The number of aromatic nitrogens is 4. The standard InChI is InChI=1S/C10H13N5O4S/c1-3-15-6-7(5-11-15)20(18,19)13-9-4-8(10(16)17)14(2)12-9/h4-6H,3H2,1-2H3,(H,12,13)(H,16,17). The minimum atomic E-state index is -3.83. The summed E-state index contributed by atoms with van der Waals surface area (Å²) in [7, 11) is -2.42. The quantitative estimate of drug-likeness (QED) is 0.810. The van der Waals surface area contributed by atoms with Gasteiger partial charge in [-0.1, -0.05) is 0 Å². The van der Waals surface area contributed by atoms with E-state index in [0.29, 0.717) is 6.54 Å². The maximum absolute atomic E-state index is 12.1. The van der Waals surface area contributed by atoms with Crippen LogP contribution in [0.4, 0.5) is 5.82 Å². The number of carbonyl (C=O) groups is 1. The number of carboxylic acid groups (broad SMARTS) is 1. The Labute approximate surface area is 114 Å². The molecule has 2 heterocycles. The molecule has 2 N–H and O–H groups in total. The zero-order valence-corrected chi connectivity index (χ0v) is 11.6. The highest BCUT2D eigenvalue weighted by atomic mass is 32.2. The van der Waals surface area contributed by atoms with Gasteiger partial charge in [0.1, 0.15) is 10.6 Å².